The predicted molar refractivity (Wildman–Crippen MR) is 73.3 cm³/mol. The Labute approximate surface area is 113 Å². The van der Waals surface area contributed by atoms with Gasteiger partial charge in [0.25, 0.3) is 0 Å². The number of carbonyl (C=O) groups is 1. The quantitative estimate of drug-likeness (QED) is 0.726. The van der Waals surface area contributed by atoms with E-state index < -0.39 is 7.12 Å². The number of hydrogen-bond acceptors (Lipinski definition) is 3. The molecule has 2 aliphatic heterocycles. The molecule has 1 atom stereocenters. The standard InChI is InChI=1S/C14H18BNO3/c1-13(2)14(3,4)19-15(18-13)10-6-5-7-11-9(10)8-12(17)16-11/h5-8,11H,1-4H3,(H,16,17). The zero-order valence-corrected chi connectivity index (χ0v) is 11.7. The van der Waals surface area contributed by atoms with Gasteiger partial charge in [-0.1, -0.05) is 18.2 Å². The molecule has 0 aromatic rings. The van der Waals surface area contributed by atoms with Gasteiger partial charge in [-0.15, -0.1) is 0 Å². The Hall–Kier alpha value is -1.33. The smallest absolute Gasteiger partial charge is 0.399 e. The first-order valence-electron chi connectivity index (χ1n) is 6.57. The highest BCUT2D eigenvalue weighted by molar-refractivity contribution is 6.56. The summed E-state index contributed by atoms with van der Waals surface area (Å²) in [5.41, 5.74) is 1.15. The van der Waals surface area contributed by atoms with E-state index in [4.69, 9.17) is 9.31 Å². The van der Waals surface area contributed by atoms with E-state index in [0.717, 1.165) is 11.0 Å². The van der Waals surface area contributed by atoms with E-state index in [1.807, 2.05) is 45.9 Å². The van der Waals surface area contributed by atoms with Crippen LogP contribution in [-0.2, 0) is 14.1 Å². The lowest BCUT2D eigenvalue weighted by atomic mass is 9.70. The van der Waals surface area contributed by atoms with E-state index >= 15 is 0 Å². The molecular weight excluding hydrogens is 241 g/mol. The van der Waals surface area contributed by atoms with Crippen LogP contribution < -0.4 is 5.32 Å². The molecule has 1 amide bonds. The second-order valence-electron chi connectivity index (χ2n) is 6.18. The van der Waals surface area contributed by atoms with Gasteiger partial charge in [0.15, 0.2) is 0 Å². The fraction of sp³-hybridized carbons (Fsp3) is 0.500. The first kappa shape index (κ1) is 12.7. The SMILES string of the molecule is CC1(C)OB(C2=CC=CC3NC(=O)C=C23)OC1(C)C. The summed E-state index contributed by atoms with van der Waals surface area (Å²) in [6.07, 6.45) is 7.50. The molecule has 0 spiro atoms. The average molecular weight is 259 g/mol. The van der Waals surface area contributed by atoms with Gasteiger partial charge in [0.2, 0.25) is 5.91 Å². The summed E-state index contributed by atoms with van der Waals surface area (Å²) < 4.78 is 12.1. The van der Waals surface area contributed by atoms with Crippen LogP contribution in [0.25, 0.3) is 0 Å². The minimum Gasteiger partial charge on any atom is -0.399 e. The maximum Gasteiger partial charge on any atom is 0.495 e. The number of carbonyl (C=O) groups excluding carboxylic acids is 1. The van der Waals surface area contributed by atoms with E-state index in [9.17, 15) is 4.79 Å². The van der Waals surface area contributed by atoms with Gasteiger partial charge >= 0.3 is 7.12 Å². The predicted octanol–water partition coefficient (Wildman–Crippen LogP) is 1.54. The number of rotatable bonds is 1. The Balaban J connectivity index is 1.92. The number of nitrogens with one attached hydrogen (secondary N) is 1. The molecule has 5 heteroatoms. The van der Waals surface area contributed by atoms with Crippen molar-refractivity contribution in [2.45, 2.75) is 44.9 Å². The third-order valence-electron chi connectivity index (χ3n) is 4.34. The molecule has 3 rings (SSSR count). The monoisotopic (exact) mass is 259 g/mol. The maximum atomic E-state index is 11.5. The largest absolute Gasteiger partial charge is 0.495 e. The highest BCUT2D eigenvalue weighted by Crippen LogP contribution is 2.41. The van der Waals surface area contributed by atoms with E-state index in [0.29, 0.717) is 0 Å². The minimum atomic E-state index is -0.420. The fourth-order valence-electron chi connectivity index (χ4n) is 2.47. The summed E-state index contributed by atoms with van der Waals surface area (Å²) >= 11 is 0. The van der Waals surface area contributed by atoms with Crippen molar-refractivity contribution in [3.05, 3.63) is 35.3 Å². The molecule has 100 valence electrons. The fourth-order valence-corrected chi connectivity index (χ4v) is 2.47. The summed E-state index contributed by atoms with van der Waals surface area (Å²) in [6, 6.07) is -0.0495. The number of hydrogen-bond donors (Lipinski definition) is 1. The lowest BCUT2D eigenvalue weighted by Crippen LogP contribution is -2.41. The minimum absolute atomic E-state index is 0.0495. The van der Waals surface area contributed by atoms with Crippen LogP contribution in [0.3, 0.4) is 0 Å². The topological polar surface area (TPSA) is 47.6 Å². The molecule has 1 saturated heterocycles. The van der Waals surface area contributed by atoms with E-state index in [1.54, 1.807) is 6.08 Å². The van der Waals surface area contributed by atoms with Crippen LogP contribution in [0.15, 0.2) is 35.3 Å². The summed E-state index contributed by atoms with van der Waals surface area (Å²) in [5, 5.41) is 2.88. The summed E-state index contributed by atoms with van der Waals surface area (Å²) in [4.78, 5) is 11.5. The van der Waals surface area contributed by atoms with Crippen molar-refractivity contribution >= 4 is 13.0 Å². The van der Waals surface area contributed by atoms with Crippen LogP contribution in [0.1, 0.15) is 27.7 Å². The van der Waals surface area contributed by atoms with Gasteiger partial charge in [-0.3, -0.25) is 4.79 Å². The third kappa shape index (κ3) is 1.88. The Morgan fingerprint density at radius 1 is 1.21 bits per heavy atom. The number of amides is 1. The van der Waals surface area contributed by atoms with Crippen molar-refractivity contribution in [1.82, 2.24) is 5.32 Å². The lowest BCUT2D eigenvalue weighted by Gasteiger charge is -2.32. The van der Waals surface area contributed by atoms with Gasteiger partial charge in [0.1, 0.15) is 0 Å². The van der Waals surface area contributed by atoms with Gasteiger partial charge in [0.05, 0.1) is 17.2 Å². The average Bonchev–Trinajstić information content (AvgIpc) is 2.75. The third-order valence-corrected chi connectivity index (χ3v) is 4.34. The summed E-state index contributed by atoms with van der Waals surface area (Å²) in [7, 11) is -0.420. The van der Waals surface area contributed by atoms with Crippen molar-refractivity contribution in [1.29, 1.82) is 0 Å². The molecule has 0 saturated carbocycles. The van der Waals surface area contributed by atoms with Crippen LogP contribution in [0.5, 0.6) is 0 Å². The van der Waals surface area contributed by atoms with E-state index in [-0.39, 0.29) is 23.2 Å². The zero-order chi connectivity index (χ0) is 13.8. The molecule has 4 nitrogen and oxygen atoms in total. The molecule has 1 aliphatic carbocycles. The highest BCUT2D eigenvalue weighted by atomic mass is 16.7. The van der Waals surface area contributed by atoms with Gasteiger partial charge in [-0.25, -0.2) is 0 Å². The molecule has 2 heterocycles. The first-order chi connectivity index (χ1) is 8.80. The highest BCUT2D eigenvalue weighted by Gasteiger charge is 2.53. The normalized spacial score (nSPS) is 30.8. The molecule has 0 bridgehead atoms. The van der Waals surface area contributed by atoms with Crippen LogP contribution >= 0.6 is 0 Å². The van der Waals surface area contributed by atoms with Crippen molar-refractivity contribution in [3.63, 3.8) is 0 Å². The Morgan fingerprint density at radius 2 is 1.84 bits per heavy atom. The molecule has 0 aromatic heterocycles. The van der Waals surface area contributed by atoms with E-state index in [1.165, 1.54) is 0 Å². The van der Waals surface area contributed by atoms with Crippen molar-refractivity contribution in [3.8, 4) is 0 Å². The first-order valence-corrected chi connectivity index (χ1v) is 6.57. The second kappa shape index (κ2) is 3.84. The molecule has 1 N–H and O–H groups in total. The van der Waals surface area contributed by atoms with Gasteiger partial charge in [-0.05, 0) is 38.7 Å². The molecule has 1 fully saturated rings. The molecule has 0 radical (unpaired) electrons. The molecular formula is C14H18BNO3. The second-order valence-corrected chi connectivity index (χ2v) is 6.18. The Morgan fingerprint density at radius 3 is 2.47 bits per heavy atom. The van der Waals surface area contributed by atoms with Crippen molar-refractivity contribution in [2.24, 2.45) is 0 Å². The van der Waals surface area contributed by atoms with Gasteiger partial charge in [-0.2, -0.15) is 0 Å². The zero-order valence-electron chi connectivity index (χ0n) is 11.7. The summed E-state index contributed by atoms with van der Waals surface area (Å²) in [6.45, 7) is 8.10. The van der Waals surface area contributed by atoms with Crippen LogP contribution in [0, 0.1) is 0 Å². The van der Waals surface area contributed by atoms with Crippen molar-refractivity contribution < 1.29 is 14.1 Å². The van der Waals surface area contributed by atoms with Crippen molar-refractivity contribution in [2.75, 3.05) is 0 Å². The molecule has 3 aliphatic rings. The molecule has 0 aromatic carbocycles. The van der Waals surface area contributed by atoms with Crippen LogP contribution in [-0.4, -0.2) is 30.3 Å². The van der Waals surface area contributed by atoms with Crippen LogP contribution in [0.4, 0.5) is 0 Å². The number of fused-ring (bicyclic) bond motifs is 1. The summed E-state index contributed by atoms with van der Waals surface area (Å²) in [5.74, 6) is -0.0611. The van der Waals surface area contributed by atoms with Crippen LogP contribution in [0.2, 0.25) is 0 Å². The van der Waals surface area contributed by atoms with Gasteiger partial charge in [0, 0.05) is 6.08 Å². The molecule has 1 unspecified atom stereocenters. The Bertz CT molecular complexity index is 515. The lowest BCUT2D eigenvalue weighted by molar-refractivity contribution is -0.116. The van der Waals surface area contributed by atoms with E-state index in [2.05, 4.69) is 5.32 Å². The number of allylic oxidation sites excluding steroid dienone is 2. The Kier molecular flexibility index (Phi) is 2.56. The molecule has 19 heavy (non-hydrogen) atoms. The maximum absolute atomic E-state index is 11.5. The van der Waals surface area contributed by atoms with Gasteiger partial charge < -0.3 is 14.6 Å².